The monoisotopic (exact) mass is 147 g/mol. The van der Waals surface area contributed by atoms with E-state index in [-0.39, 0.29) is 0 Å². The van der Waals surface area contributed by atoms with E-state index in [1.165, 1.54) is 0 Å². The Labute approximate surface area is 64.4 Å². The first kappa shape index (κ1) is 6.28. The molecule has 0 aliphatic heterocycles. The summed E-state index contributed by atoms with van der Waals surface area (Å²) in [6.07, 6.45) is 2.66. The lowest BCUT2D eigenvalue weighted by Gasteiger charge is -1.98. The summed E-state index contributed by atoms with van der Waals surface area (Å²) in [5, 5.41) is 0.968. The average Bonchev–Trinajstić information content (AvgIpc) is 2.50. The molecule has 2 heteroatoms. The number of benzene rings is 1. The normalized spacial score (nSPS) is 10.3. The first-order valence-electron chi connectivity index (χ1n) is 3.34. The van der Waals surface area contributed by atoms with Crippen molar-refractivity contribution in [2.75, 3.05) is 7.11 Å². The van der Waals surface area contributed by atoms with Crippen LogP contribution in [-0.2, 0) is 0 Å². The highest BCUT2D eigenvalue weighted by Crippen LogP contribution is 2.25. The zero-order chi connectivity index (χ0) is 7.68. The quantitative estimate of drug-likeness (QED) is 0.617. The van der Waals surface area contributed by atoms with Crippen molar-refractivity contribution in [3.05, 3.63) is 30.5 Å². The van der Waals surface area contributed by atoms with E-state index in [2.05, 4.69) is 6.26 Å². The fourth-order valence-corrected chi connectivity index (χ4v) is 1.09. The fraction of sp³-hybridized carbons (Fsp3) is 0.111. The van der Waals surface area contributed by atoms with Crippen LogP contribution < -0.4 is 4.74 Å². The van der Waals surface area contributed by atoms with Crippen molar-refractivity contribution in [1.29, 1.82) is 0 Å². The summed E-state index contributed by atoms with van der Waals surface area (Å²) >= 11 is 0. The highest BCUT2D eigenvalue weighted by atomic mass is 16.5. The lowest BCUT2D eigenvalue weighted by Crippen LogP contribution is -1.81. The second-order valence-corrected chi connectivity index (χ2v) is 2.24. The molecule has 2 aromatic rings. The molecule has 0 saturated carbocycles. The van der Waals surface area contributed by atoms with Crippen molar-refractivity contribution in [2.45, 2.75) is 0 Å². The second-order valence-electron chi connectivity index (χ2n) is 2.24. The van der Waals surface area contributed by atoms with Gasteiger partial charge in [-0.2, -0.15) is 0 Å². The Hall–Kier alpha value is -1.44. The molecule has 1 aromatic heterocycles. The zero-order valence-corrected chi connectivity index (χ0v) is 6.13. The van der Waals surface area contributed by atoms with Crippen molar-refractivity contribution < 1.29 is 9.15 Å². The van der Waals surface area contributed by atoms with E-state index in [4.69, 9.17) is 9.15 Å². The van der Waals surface area contributed by atoms with E-state index < -0.39 is 0 Å². The van der Waals surface area contributed by atoms with E-state index in [9.17, 15) is 0 Å². The minimum absolute atomic E-state index is 0.810. The first-order chi connectivity index (χ1) is 5.42. The topological polar surface area (TPSA) is 22.4 Å². The molecule has 0 fully saturated rings. The summed E-state index contributed by atoms with van der Waals surface area (Å²) < 4.78 is 10.2. The Balaban J connectivity index is 2.79. The van der Waals surface area contributed by atoms with Gasteiger partial charge in [-0.25, -0.2) is 0 Å². The van der Waals surface area contributed by atoms with Gasteiger partial charge in [-0.05, 0) is 18.2 Å². The standard InChI is InChI=1S/C9H7O2/c1-10-8-3-2-4-9-7(8)5-6-11-9/h2-5H,1H3. The second kappa shape index (κ2) is 2.31. The van der Waals surface area contributed by atoms with Gasteiger partial charge >= 0.3 is 0 Å². The summed E-state index contributed by atoms with van der Waals surface area (Å²) in [6, 6.07) is 7.44. The molecule has 2 rings (SSSR count). The summed E-state index contributed by atoms with van der Waals surface area (Å²) in [5.74, 6) is 0.826. The molecule has 0 aliphatic rings. The third kappa shape index (κ3) is 0.871. The summed E-state index contributed by atoms with van der Waals surface area (Å²) in [4.78, 5) is 0. The molecule has 1 radical (unpaired) electrons. The Kier molecular flexibility index (Phi) is 1.32. The van der Waals surface area contributed by atoms with Crippen LogP contribution in [0.3, 0.4) is 0 Å². The molecule has 0 aliphatic carbocycles. The maximum Gasteiger partial charge on any atom is 0.170 e. The van der Waals surface area contributed by atoms with Gasteiger partial charge in [0.25, 0.3) is 0 Å². The minimum Gasteiger partial charge on any atom is -0.496 e. The first-order valence-corrected chi connectivity index (χ1v) is 3.34. The number of hydrogen-bond acceptors (Lipinski definition) is 2. The number of furan rings is 1. The highest BCUT2D eigenvalue weighted by Gasteiger charge is 2.01. The molecule has 11 heavy (non-hydrogen) atoms. The van der Waals surface area contributed by atoms with Gasteiger partial charge < -0.3 is 9.15 Å². The van der Waals surface area contributed by atoms with E-state index >= 15 is 0 Å². The molecule has 0 bridgehead atoms. The molecule has 0 saturated heterocycles. The Morgan fingerprint density at radius 3 is 3.18 bits per heavy atom. The van der Waals surface area contributed by atoms with Crippen LogP contribution in [0.5, 0.6) is 5.75 Å². The van der Waals surface area contributed by atoms with Crippen LogP contribution in [0.2, 0.25) is 0 Å². The number of ether oxygens (including phenoxy) is 1. The maximum atomic E-state index is 5.11. The molecule has 2 nitrogen and oxygen atoms in total. The lowest BCUT2D eigenvalue weighted by atomic mass is 10.2. The average molecular weight is 147 g/mol. The summed E-state index contributed by atoms with van der Waals surface area (Å²) in [7, 11) is 1.64. The lowest BCUT2D eigenvalue weighted by molar-refractivity contribution is 0.419. The molecule has 0 N–H and O–H groups in total. The van der Waals surface area contributed by atoms with Crippen LogP contribution in [0, 0.1) is 6.26 Å². The van der Waals surface area contributed by atoms with E-state index in [1.807, 2.05) is 18.2 Å². The predicted octanol–water partition coefficient (Wildman–Crippen LogP) is 2.24. The van der Waals surface area contributed by atoms with Gasteiger partial charge in [-0.3, -0.25) is 0 Å². The predicted molar refractivity (Wildman–Crippen MR) is 41.6 cm³/mol. The third-order valence-electron chi connectivity index (χ3n) is 1.62. The van der Waals surface area contributed by atoms with Gasteiger partial charge in [0, 0.05) is 0 Å². The van der Waals surface area contributed by atoms with E-state index in [0.717, 1.165) is 16.7 Å². The third-order valence-corrected chi connectivity index (χ3v) is 1.62. The van der Waals surface area contributed by atoms with E-state index in [0.29, 0.717) is 0 Å². The van der Waals surface area contributed by atoms with Crippen molar-refractivity contribution in [3.63, 3.8) is 0 Å². The molecule has 0 amide bonds. The summed E-state index contributed by atoms with van der Waals surface area (Å²) in [5.41, 5.74) is 0.810. The van der Waals surface area contributed by atoms with Crippen LogP contribution >= 0.6 is 0 Å². The fourth-order valence-electron chi connectivity index (χ4n) is 1.09. The van der Waals surface area contributed by atoms with Crippen LogP contribution in [0.4, 0.5) is 0 Å². The molecule has 0 spiro atoms. The number of rotatable bonds is 1. The molecule has 1 heterocycles. The van der Waals surface area contributed by atoms with Gasteiger partial charge in [0.05, 0.1) is 12.5 Å². The van der Waals surface area contributed by atoms with Crippen molar-refractivity contribution in [1.82, 2.24) is 0 Å². The smallest absolute Gasteiger partial charge is 0.170 e. The highest BCUT2D eigenvalue weighted by molar-refractivity contribution is 5.83. The summed E-state index contributed by atoms with van der Waals surface area (Å²) in [6.45, 7) is 0. The van der Waals surface area contributed by atoms with Gasteiger partial charge in [0.15, 0.2) is 6.26 Å². The Bertz CT molecular complexity index is 362. The van der Waals surface area contributed by atoms with Crippen LogP contribution in [0.1, 0.15) is 0 Å². The minimum atomic E-state index is 0.810. The molecule has 55 valence electrons. The molecule has 0 atom stereocenters. The van der Waals surface area contributed by atoms with Crippen molar-refractivity contribution >= 4 is 11.0 Å². The Morgan fingerprint density at radius 2 is 2.36 bits per heavy atom. The maximum absolute atomic E-state index is 5.11. The van der Waals surface area contributed by atoms with Crippen molar-refractivity contribution in [3.8, 4) is 5.75 Å². The molecule has 0 unspecified atom stereocenters. The van der Waals surface area contributed by atoms with Crippen LogP contribution in [0.15, 0.2) is 28.7 Å². The SMILES string of the molecule is COc1cccc2o[c]cc12. The zero-order valence-electron chi connectivity index (χ0n) is 6.13. The van der Waals surface area contributed by atoms with Crippen LogP contribution in [0.25, 0.3) is 11.0 Å². The van der Waals surface area contributed by atoms with Gasteiger partial charge in [0.2, 0.25) is 0 Å². The number of methoxy groups -OCH3 is 1. The van der Waals surface area contributed by atoms with Gasteiger partial charge in [-0.1, -0.05) is 6.07 Å². The number of fused-ring (bicyclic) bond motifs is 1. The largest absolute Gasteiger partial charge is 0.496 e. The Morgan fingerprint density at radius 1 is 1.45 bits per heavy atom. The van der Waals surface area contributed by atoms with Gasteiger partial charge in [-0.15, -0.1) is 0 Å². The number of hydrogen-bond donors (Lipinski definition) is 0. The molecular formula is C9H7O2. The van der Waals surface area contributed by atoms with Crippen molar-refractivity contribution in [2.24, 2.45) is 0 Å². The van der Waals surface area contributed by atoms with Crippen LogP contribution in [-0.4, -0.2) is 7.11 Å². The van der Waals surface area contributed by atoms with Gasteiger partial charge in [0.1, 0.15) is 11.3 Å². The molecule has 1 aromatic carbocycles. The molecular weight excluding hydrogens is 140 g/mol. The van der Waals surface area contributed by atoms with E-state index in [1.54, 1.807) is 13.2 Å².